The summed E-state index contributed by atoms with van der Waals surface area (Å²) in [6.07, 6.45) is 2.66. The fraction of sp³-hybridized carbons (Fsp3) is 0.444. The number of carboxylic acids is 1. The molecule has 1 aliphatic heterocycles. The van der Waals surface area contributed by atoms with Crippen LogP contribution in [0.5, 0.6) is 0 Å². The zero-order valence-electron chi connectivity index (χ0n) is 20.8. The minimum Gasteiger partial charge on any atom is -0.475 e. The number of hydrogen-bond acceptors (Lipinski definition) is 4. The van der Waals surface area contributed by atoms with Gasteiger partial charge in [0.2, 0.25) is 0 Å². The maximum atomic E-state index is 13.3. The van der Waals surface area contributed by atoms with Gasteiger partial charge in [0.25, 0.3) is 11.8 Å². The Morgan fingerprint density at radius 2 is 1.53 bits per heavy atom. The maximum absolute atomic E-state index is 13.3. The van der Waals surface area contributed by atoms with Crippen LogP contribution in [0.25, 0.3) is 0 Å². The van der Waals surface area contributed by atoms with E-state index >= 15 is 0 Å². The van der Waals surface area contributed by atoms with E-state index < -0.39 is 18.0 Å². The fourth-order valence-electron chi connectivity index (χ4n) is 4.66. The molecule has 0 radical (unpaired) electrons. The summed E-state index contributed by atoms with van der Waals surface area (Å²) in [4.78, 5) is 36.4. The lowest BCUT2D eigenvalue weighted by atomic mass is 9.89. The van der Waals surface area contributed by atoms with Crippen LogP contribution in [0.4, 0.5) is 23.2 Å². The Morgan fingerprint density at radius 1 is 0.921 bits per heavy atom. The summed E-state index contributed by atoms with van der Waals surface area (Å²) in [5.41, 5.74) is 1.35. The van der Waals surface area contributed by atoms with E-state index in [0.717, 1.165) is 32.0 Å². The topological polar surface area (TPSA) is 98.7 Å². The summed E-state index contributed by atoms with van der Waals surface area (Å²) in [5.74, 6) is -2.80. The molecule has 1 atom stereocenters. The van der Waals surface area contributed by atoms with Crippen molar-refractivity contribution < 1.29 is 37.1 Å². The molecule has 1 saturated heterocycles. The molecule has 1 unspecified atom stereocenters. The molecule has 7 nitrogen and oxygen atoms in total. The number of anilines is 1. The molecular weight excluding hydrogens is 506 g/mol. The highest BCUT2D eigenvalue weighted by Gasteiger charge is 2.38. The third kappa shape index (κ3) is 9.13. The quantitative estimate of drug-likeness (QED) is 0.446. The van der Waals surface area contributed by atoms with E-state index in [-0.39, 0.29) is 17.9 Å². The van der Waals surface area contributed by atoms with E-state index in [4.69, 9.17) is 9.90 Å². The third-order valence-electron chi connectivity index (χ3n) is 6.58. The molecule has 2 aromatic carbocycles. The predicted molar refractivity (Wildman–Crippen MR) is 133 cm³/mol. The highest BCUT2D eigenvalue weighted by Crippen LogP contribution is 2.25. The van der Waals surface area contributed by atoms with Crippen molar-refractivity contribution in [1.29, 1.82) is 0 Å². The number of benzene rings is 2. The molecule has 4 rings (SSSR count). The number of carboxylic acid groups (broad SMARTS) is 1. The molecule has 2 aliphatic rings. The fourth-order valence-corrected chi connectivity index (χ4v) is 4.66. The Balaban J connectivity index is 0.000000505. The Labute approximate surface area is 218 Å². The molecule has 1 aliphatic carbocycles. The van der Waals surface area contributed by atoms with Gasteiger partial charge in [-0.1, -0.05) is 25.3 Å². The van der Waals surface area contributed by atoms with Gasteiger partial charge in [0.15, 0.2) is 0 Å². The van der Waals surface area contributed by atoms with E-state index in [0.29, 0.717) is 16.8 Å². The van der Waals surface area contributed by atoms with Crippen molar-refractivity contribution in [1.82, 2.24) is 10.2 Å². The van der Waals surface area contributed by atoms with E-state index in [1.54, 1.807) is 30.3 Å². The van der Waals surface area contributed by atoms with Gasteiger partial charge in [-0.15, -0.1) is 0 Å². The van der Waals surface area contributed by atoms with Crippen LogP contribution in [0.1, 0.15) is 59.2 Å². The number of carbonyl (C=O) groups excluding carboxylic acids is 2. The lowest BCUT2D eigenvalue weighted by Crippen LogP contribution is -2.38. The zero-order valence-corrected chi connectivity index (χ0v) is 20.8. The Morgan fingerprint density at radius 3 is 2.11 bits per heavy atom. The summed E-state index contributed by atoms with van der Waals surface area (Å²) in [6.45, 7) is 3.11. The van der Waals surface area contributed by atoms with Crippen molar-refractivity contribution >= 4 is 23.5 Å². The Kier molecular flexibility index (Phi) is 10.2. The highest BCUT2D eigenvalue weighted by molar-refractivity contribution is 6.05. The number of likely N-dealkylation sites (tertiary alicyclic amines) is 1. The van der Waals surface area contributed by atoms with Crippen molar-refractivity contribution in [2.75, 3.05) is 25.0 Å². The molecule has 1 saturated carbocycles. The molecule has 1 heterocycles. The first-order chi connectivity index (χ1) is 18.0. The van der Waals surface area contributed by atoms with Crippen LogP contribution >= 0.6 is 0 Å². The molecule has 0 aromatic heterocycles. The maximum Gasteiger partial charge on any atom is 0.490 e. The second-order valence-corrected chi connectivity index (χ2v) is 9.57. The van der Waals surface area contributed by atoms with Gasteiger partial charge in [-0.2, -0.15) is 13.2 Å². The number of aliphatic carboxylic acids is 1. The van der Waals surface area contributed by atoms with Gasteiger partial charge in [0, 0.05) is 42.5 Å². The minimum absolute atomic E-state index is 0.110. The predicted octanol–water partition coefficient (Wildman–Crippen LogP) is 5.10. The molecule has 3 N–H and O–H groups in total. The van der Waals surface area contributed by atoms with Crippen LogP contribution in [0.3, 0.4) is 0 Å². The summed E-state index contributed by atoms with van der Waals surface area (Å²) < 4.78 is 45.0. The second kappa shape index (κ2) is 13.4. The van der Waals surface area contributed by atoms with Gasteiger partial charge >= 0.3 is 12.1 Å². The van der Waals surface area contributed by atoms with Crippen LogP contribution in [0.15, 0.2) is 48.5 Å². The van der Waals surface area contributed by atoms with Gasteiger partial charge in [0.1, 0.15) is 5.82 Å². The zero-order chi connectivity index (χ0) is 27.7. The molecular formula is C27H31F4N3O4. The summed E-state index contributed by atoms with van der Waals surface area (Å²) >= 11 is 0. The van der Waals surface area contributed by atoms with Gasteiger partial charge < -0.3 is 20.6 Å². The number of nitrogens with zero attached hydrogens (tertiary/aromatic N) is 1. The highest BCUT2D eigenvalue weighted by atomic mass is 19.4. The molecule has 2 amide bonds. The number of hydrogen-bond donors (Lipinski definition) is 3. The van der Waals surface area contributed by atoms with Crippen LogP contribution in [0.2, 0.25) is 0 Å². The van der Waals surface area contributed by atoms with Crippen molar-refractivity contribution in [2.24, 2.45) is 5.92 Å². The van der Waals surface area contributed by atoms with Crippen LogP contribution in [-0.2, 0) is 4.79 Å². The van der Waals surface area contributed by atoms with E-state index in [1.165, 1.54) is 50.3 Å². The SMILES string of the molecule is O=C(Nc1cccc(F)c1)c1ccc(C(=O)NC2CCN(CC3CCCCC3)C2)cc1.O=C(O)C(F)(F)F. The molecule has 206 valence electrons. The third-order valence-corrected chi connectivity index (χ3v) is 6.58. The molecule has 11 heteroatoms. The average Bonchev–Trinajstić information content (AvgIpc) is 3.31. The Bertz CT molecular complexity index is 1100. The normalized spacial score (nSPS) is 18.3. The van der Waals surface area contributed by atoms with Crippen LogP contribution in [-0.4, -0.2) is 59.6 Å². The summed E-state index contributed by atoms with van der Waals surface area (Å²) in [5, 5.41) is 12.9. The van der Waals surface area contributed by atoms with Crippen molar-refractivity contribution in [2.45, 2.75) is 50.7 Å². The number of alkyl halides is 3. The lowest BCUT2D eigenvalue weighted by Gasteiger charge is -2.26. The molecule has 2 fully saturated rings. The van der Waals surface area contributed by atoms with Gasteiger partial charge in [-0.05, 0) is 67.6 Å². The van der Waals surface area contributed by atoms with Crippen molar-refractivity contribution in [3.63, 3.8) is 0 Å². The molecule has 0 bridgehead atoms. The monoisotopic (exact) mass is 537 g/mol. The number of nitrogens with one attached hydrogen (secondary N) is 2. The van der Waals surface area contributed by atoms with Crippen molar-refractivity contribution in [3.8, 4) is 0 Å². The number of amides is 2. The van der Waals surface area contributed by atoms with Gasteiger partial charge in [-0.3, -0.25) is 9.59 Å². The van der Waals surface area contributed by atoms with E-state index in [2.05, 4.69) is 15.5 Å². The van der Waals surface area contributed by atoms with Crippen LogP contribution < -0.4 is 10.6 Å². The lowest BCUT2D eigenvalue weighted by molar-refractivity contribution is -0.192. The van der Waals surface area contributed by atoms with Crippen LogP contribution in [0, 0.1) is 11.7 Å². The summed E-state index contributed by atoms with van der Waals surface area (Å²) in [7, 11) is 0. The Hall–Kier alpha value is -3.47. The largest absolute Gasteiger partial charge is 0.490 e. The molecule has 38 heavy (non-hydrogen) atoms. The first kappa shape index (κ1) is 29.1. The van der Waals surface area contributed by atoms with Gasteiger partial charge in [0.05, 0.1) is 0 Å². The first-order valence-electron chi connectivity index (χ1n) is 12.5. The van der Waals surface area contributed by atoms with Gasteiger partial charge in [-0.25, -0.2) is 9.18 Å². The number of halogens is 4. The summed E-state index contributed by atoms with van der Waals surface area (Å²) in [6, 6.07) is 12.5. The number of carbonyl (C=O) groups is 3. The second-order valence-electron chi connectivity index (χ2n) is 9.57. The average molecular weight is 538 g/mol. The van der Waals surface area contributed by atoms with E-state index in [1.807, 2.05) is 0 Å². The first-order valence-corrected chi connectivity index (χ1v) is 12.5. The minimum atomic E-state index is -5.08. The van der Waals surface area contributed by atoms with Crippen molar-refractivity contribution in [3.05, 3.63) is 65.5 Å². The smallest absolute Gasteiger partial charge is 0.475 e. The van der Waals surface area contributed by atoms with E-state index in [9.17, 15) is 27.2 Å². The standard InChI is InChI=1S/C25H30FN3O2.C2HF3O2/c26-21-7-4-8-22(15-21)27-24(30)19-9-11-20(12-10-19)25(31)28-23-13-14-29(17-23)16-18-5-2-1-3-6-18;3-2(4,5)1(6)7/h4,7-12,15,18,23H,1-3,5-6,13-14,16-17H2,(H,27,30)(H,28,31);(H,6,7). The molecule has 0 spiro atoms. The number of rotatable bonds is 6. The molecule has 2 aromatic rings.